The Bertz CT molecular complexity index is 579. The number of halogens is 2. The van der Waals surface area contributed by atoms with Crippen molar-refractivity contribution in [3.05, 3.63) is 58.4 Å². The van der Waals surface area contributed by atoms with Gasteiger partial charge in [-0.25, -0.2) is 4.39 Å². The van der Waals surface area contributed by atoms with Crippen molar-refractivity contribution in [2.24, 2.45) is 5.73 Å². The van der Waals surface area contributed by atoms with Crippen LogP contribution in [0.2, 0.25) is 5.02 Å². The van der Waals surface area contributed by atoms with Gasteiger partial charge in [0, 0.05) is 11.1 Å². The van der Waals surface area contributed by atoms with Gasteiger partial charge in [0.25, 0.3) is 0 Å². The van der Waals surface area contributed by atoms with Crippen molar-refractivity contribution in [2.75, 3.05) is 0 Å². The van der Waals surface area contributed by atoms with Crippen LogP contribution in [0.15, 0.2) is 36.4 Å². The summed E-state index contributed by atoms with van der Waals surface area (Å²) in [5, 5.41) is 0.645. The van der Waals surface area contributed by atoms with E-state index in [1.165, 1.54) is 12.1 Å². The van der Waals surface area contributed by atoms with Gasteiger partial charge in [-0.15, -0.1) is 0 Å². The molecule has 0 saturated carbocycles. The van der Waals surface area contributed by atoms with Crippen LogP contribution < -0.4 is 5.73 Å². The van der Waals surface area contributed by atoms with Crippen molar-refractivity contribution >= 4 is 11.6 Å². The molecule has 0 radical (unpaired) electrons. The predicted octanol–water partition coefficient (Wildman–Crippen LogP) is 4.47. The fourth-order valence-electron chi connectivity index (χ4n) is 2.01. The lowest BCUT2D eigenvalue weighted by molar-refractivity contribution is 0.627. The summed E-state index contributed by atoms with van der Waals surface area (Å²) in [6.07, 6.45) is 0. The molecule has 18 heavy (non-hydrogen) atoms. The highest BCUT2D eigenvalue weighted by atomic mass is 35.5. The molecular formula is C15H15ClFN. The molecule has 0 aromatic heterocycles. The quantitative estimate of drug-likeness (QED) is 0.850. The van der Waals surface area contributed by atoms with E-state index in [1.54, 1.807) is 6.07 Å². The second-order valence-electron chi connectivity index (χ2n) is 4.48. The van der Waals surface area contributed by atoms with Crippen molar-refractivity contribution < 1.29 is 4.39 Å². The molecule has 1 atom stereocenters. The van der Waals surface area contributed by atoms with Crippen LogP contribution in [0.5, 0.6) is 0 Å². The number of hydrogen-bond donors (Lipinski definition) is 1. The van der Waals surface area contributed by atoms with E-state index in [1.807, 2.05) is 32.0 Å². The number of nitrogens with two attached hydrogens (primary N) is 1. The fourth-order valence-corrected chi connectivity index (χ4v) is 2.37. The summed E-state index contributed by atoms with van der Waals surface area (Å²) in [5.41, 5.74) is 9.58. The molecular weight excluding hydrogens is 249 g/mol. The highest BCUT2D eigenvalue weighted by molar-refractivity contribution is 6.31. The van der Waals surface area contributed by atoms with E-state index in [4.69, 9.17) is 17.3 Å². The molecule has 0 aliphatic carbocycles. The van der Waals surface area contributed by atoms with Gasteiger partial charge < -0.3 is 5.73 Å². The van der Waals surface area contributed by atoms with E-state index in [-0.39, 0.29) is 11.9 Å². The molecule has 0 aliphatic rings. The molecule has 0 bridgehead atoms. The van der Waals surface area contributed by atoms with Crippen LogP contribution in [-0.4, -0.2) is 0 Å². The summed E-state index contributed by atoms with van der Waals surface area (Å²) >= 11 is 6.20. The summed E-state index contributed by atoms with van der Waals surface area (Å²) < 4.78 is 13.1. The molecule has 94 valence electrons. The second kappa shape index (κ2) is 5.09. The summed E-state index contributed by atoms with van der Waals surface area (Å²) in [5.74, 6) is -0.227. The third kappa shape index (κ3) is 2.55. The third-order valence-electron chi connectivity index (χ3n) is 2.99. The van der Waals surface area contributed by atoms with E-state index < -0.39 is 0 Å². The van der Waals surface area contributed by atoms with Crippen LogP contribution in [0.25, 0.3) is 11.1 Å². The molecule has 0 spiro atoms. The maximum absolute atomic E-state index is 13.1. The highest BCUT2D eigenvalue weighted by Gasteiger charge is 2.08. The maximum Gasteiger partial charge on any atom is 0.123 e. The lowest BCUT2D eigenvalue weighted by Crippen LogP contribution is -2.05. The monoisotopic (exact) mass is 263 g/mol. The average molecular weight is 264 g/mol. The molecule has 0 aliphatic heterocycles. The number of hydrogen-bond acceptors (Lipinski definition) is 1. The zero-order chi connectivity index (χ0) is 13.3. The van der Waals surface area contributed by atoms with Gasteiger partial charge in [-0.3, -0.25) is 0 Å². The standard InChI is InChI=1S/C15H15ClFN/c1-9-7-12(17)4-6-13(9)11-3-5-14(10(2)18)15(16)8-11/h3-8,10H,18H2,1-2H3. The average Bonchev–Trinajstić information content (AvgIpc) is 2.28. The number of aryl methyl sites for hydroxylation is 1. The van der Waals surface area contributed by atoms with Gasteiger partial charge >= 0.3 is 0 Å². The minimum Gasteiger partial charge on any atom is -0.324 e. The lowest BCUT2D eigenvalue weighted by Gasteiger charge is -2.11. The molecule has 0 heterocycles. The summed E-state index contributed by atoms with van der Waals surface area (Å²) in [7, 11) is 0. The minimum absolute atomic E-state index is 0.0964. The van der Waals surface area contributed by atoms with Crippen LogP contribution in [-0.2, 0) is 0 Å². The smallest absolute Gasteiger partial charge is 0.123 e. The van der Waals surface area contributed by atoms with Crippen molar-refractivity contribution in [3.8, 4) is 11.1 Å². The molecule has 0 saturated heterocycles. The van der Waals surface area contributed by atoms with E-state index in [9.17, 15) is 4.39 Å². The van der Waals surface area contributed by atoms with Crippen LogP contribution >= 0.6 is 11.6 Å². The first-order valence-corrected chi connectivity index (χ1v) is 6.18. The van der Waals surface area contributed by atoms with Crippen LogP contribution in [0, 0.1) is 12.7 Å². The Morgan fingerprint density at radius 2 is 1.89 bits per heavy atom. The molecule has 0 amide bonds. The van der Waals surface area contributed by atoms with Gasteiger partial charge in [-0.2, -0.15) is 0 Å². The Morgan fingerprint density at radius 3 is 2.44 bits per heavy atom. The van der Waals surface area contributed by atoms with Gasteiger partial charge in [0.2, 0.25) is 0 Å². The minimum atomic E-state index is -0.227. The van der Waals surface area contributed by atoms with Crippen LogP contribution in [0.1, 0.15) is 24.1 Å². The van der Waals surface area contributed by atoms with Crippen molar-refractivity contribution in [3.63, 3.8) is 0 Å². The third-order valence-corrected chi connectivity index (χ3v) is 3.32. The van der Waals surface area contributed by atoms with Gasteiger partial charge in [0.15, 0.2) is 0 Å². The second-order valence-corrected chi connectivity index (χ2v) is 4.89. The van der Waals surface area contributed by atoms with Crippen LogP contribution in [0.3, 0.4) is 0 Å². The molecule has 2 rings (SSSR count). The van der Waals surface area contributed by atoms with E-state index in [0.29, 0.717) is 5.02 Å². The summed E-state index contributed by atoms with van der Waals surface area (Å²) in [6.45, 7) is 3.77. The first kappa shape index (κ1) is 13.1. The van der Waals surface area contributed by atoms with Gasteiger partial charge in [-0.1, -0.05) is 29.8 Å². The molecule has 3 heteroatoms. The Hall–Kier alpha value is -1.38. The molecule has 2 aromatic carbocycles. The normalized spacial score (nSPS) is 12.5. The maximum atomic E-state index is 13.1. The Kier molecular flexibility index (Phi) is 3.69. The summed E-state index contributed by atoms with van der Waals surface area (Å²) in [4.78, 5) is 0. The largest absolute Gasteiger partial charge is 0.324 e. The lowest BCUT2D eigenvalue weighted by atomic mass is 9.98. The SMILES string of the molecule is Cc1cc(F)ccc1-c1ccc(C(C)N)c(Cl)c1. The van der Waals surface area contributed by atoms with Crippen LogP contribution in [0.4, 0.5) is 4.39 Å². The first-order valence-electron chi connectivity index (χ1n) is 5.80. The first-order chi connectivity index (χ1) is 8.49. The van der Waals surface area contributed by atoms with E-state index >= 15 is 0 Å². The van der Waals surface area contributed by atoms with Crippen molar-refractivity contribution in [1.29, 1.82) is 0 Å². The molecule has 0 fully saturated rings. The summed E-state index contributed by atoms with van der Waals surface area (Å²) in [6, 6.07) is 10.4. The number of benzene rings is 2. The molecule has 2 aromatic rings. The van der Waals surface area contributed by atoms with E-state index in [2.05, 4.69) is 0 Å². The van der Waals surface area contributed by atoms with Gasteiger partial charge in [0.05, 0.1) is 0 Å². The predicted molar refractivity (Wildman–Crippen MR) is 74.2 cm³/mol. The molecule has 2 N–H and O–H groups in total. The van der Waals surface area contributed by atoms with Crippen molar-refractivity contribution in [1.82, 2.24) is 0 Å². The topological polar surface area (TPSA) is 26.0 Å². The molecule has 1 unspecified atom stereocenters. The zero-order valence-corrected chi connectivity index (χ0v) is 11.1. The zero-order valence-electron chi connectivity index (χ0n) is 10.4. The highest BCUT2D eigenvalue weighted by Crippen LogP contribution is 2.30. The van der Waals surface area contributed by atoms with Crippen molar-refractivity contribution in [2.45, 2.75) is 19.9 Å². The Morgan fingerprint density at radius 1 is 1.17 bits per heavy atom. The van der Waals surface area contributed by atoms with E-state index in [0.717, 1.165) is 22.3 Å². The molecule has 1 nitrogen and oxygen atoms in total. The van der Waals surface area contributed by atoms with Gasteiger partial charge in [-0.05, 0) is 54.3 Å². The Balaban J connectivity index is 2.49. The Labute approximate surface area is 111 Å². The fraction of sp³-hybridized carbons (Fsp3) is 0.200. The van der Waals surface area contributed by atoms with Gasteiger partial charge in [0.1, 0.15) is 5.82 Å². The number of rotatable bonds is 2.